The largest absolute Gasteiger partial charge is 0.384 e. The summed E-state index contributed by atoms with van der Waals surface area (Å²) in [6.45, 7) is 0.525. The number of aliphatic hydroxyl groups excluding tert-OH is 1. The van der Waals surface area contributed by atoms with E-state index in [1.54, 1.807) is 0 Å². The lowest BCUT2D eigenvalue weighted by Gasteiger charge is -2.23. The zero-order chi connectivity index (χ0) is 7.19. The Morgan fingerprint density at radius 2 is 2.30 bits per heavy atom. The Bertz CT molecular complexity index is 148. The standard InChI is InChI=1S/C7H12O3/c8-6-7(9)3-1-2-5(7)4-10-6/h5-6,8-9H,1-4H2/t5-,6?,7-/m0/s1. The lowest BCUT2D eigenvalue weighted by atomic mass is 9.94. The number of hydrogen-bond acceptors (Lipinski definition) is 3. The van der Waals surface area contributed by atoms with Crippen molar-refractivity contribution in [2.24, 2.45) is 5.92 Å². The lowest BCUT2D eigenvalue weighted by Crippen LogP contribution is -2.39. The van der Waals surface area contributed by atoms with Crippen molar-refractivity contribution in [2.45, 2.75) is 31.2 Å². The van der Waals surface area contributed by atoms with Crippen molar-refractivity contribution in [1.29, 1.82) is 0 Å². The summed E-state index contributed by atoms with van der Waals surface area (Å²) in [7, 11) is 0. The van der Waals surface area contributed by atoms with E-state index in [4.69, 9.17) is 4.74 Å². The molecule has 0 bridgehead atoms. The maximum atomic E-state index is 9.72. The van der Waals surface area contributed by atoms with Gasteiger partial charge in [0.2, 0.25) is 0 Å². The molecule has 0 radical (unpaired) electrons. The van der Waals surface area contributed by atoms with Gasteiger partial charge < -0.3 is 14.9 Å². The van der Waals surface area contributed by atoms with Crippen LogP contribution in [0.2, 0.25) is 0 Å². The van der Waals surface area contributed by atoms with E-state index < -0.39 is 11.9 Å². The van der Waals surface area contributed by atoms with E-state index in [9.17, 15) is 10.2 Å². The van der Waals surface area contributed by atoms with Crippen LogP contribution in [-0.4, -0.2) is 28.7 Å². The van der Waals surface area contributed by atoms with E-state index in [0.717, 1.165) is 12.8 Å². The van der Waals surface area contributed by atoms with E-state index in [0.29, 0.717) is 13.0 Å². The highest BCUT2D eigenvalue weighted by atomic mass is 16.6. The molecule has 1 heterocycles. The number of ether oxygens (including phenoxy) is 1. The number of rotatable bonds is 0. The van der Waals surface area contributed by atoms with Crippen molar-refractivity contribution in [2.75, 3.05) is 6.61 Å². The van der Waals surface area contributed by atoms with Crippen molar-refractivity contribution in [3.8, 4) is 0 Å². The molecule has 3 heteroatoms. The Hall–Kier alpha value is -0.120. The predicted molar refractivity (Wildman–Crippen MR) is 34.2 cm³/mol. The molecule has 0 aromatic rings. The molecule has 0 spiro atoms. The third-order valence-corrected chi connectivity index (χ3v) is 2.72. The van der Waals surface area contributed by atoms with E-state index in [1.807, 2.05) is 0 Å². The molecule has 2 rings (SSSR count). The third kappa shape index (κ3) is 0.654. The SMILES string of the molecule is OC1OC[C@@H]2CCC[C@@]12O. The second kappa shape index (κ2) is 1.94. The molecular weight excluding hydrogens is 132 g/mol. The summed E-state index contributed by atoms with van der Waals surface area (Å²) in [5.74, 6) is 0.183. The first-order valence-corrected chi connectivity index (χ1v) is 3.75. The normalized spacial score (nSPS) is 53.4. The van der Waals surface area contributed by atoms with Gasteiger partial charge in [0.15, 0.2) is 6.29 Å². The van der Waals surface area contributed by atoms with Crippen LogP contribution in [0.4, 0.5) is 0 Å². The van der Waals surface area contributed by atoms with Crippen LogP contribution in [0, 0.1) is 5.92 Å². The van der Waals surface area contributed by atoms with Crippen molar-refractivity contribution in [1.82, 2.24) is 0 Å². The molecular formula is C7H12O3. The van der Waals surface area contributed by atoms with Crippen molar-refractivity contribution >= 4 is 0 Å². The summed E-state index contributed by atoms with van der Waals surface area (Å²) in [5.41, 5.74) is -0.903. The van der Waals surface area contributed by atoms with Crippen LogP contribution in [0.25, 0.3) is 0 Å². The first kappa shape index (κ1) is 6.58. The molecule has 2 fully saturated rings. The topological polar surface area (TPSA) is 49.7 Å². The molecule has 58 valence electrons. The van der Waals surface area contributed by atoms with Gasteiger partial charge in [0, 0.05) is 5.92 Å². The molecule has 1 unspecified atom stereocenters. The van der Waals surface area contributed by atoms with Crippen molar-refractivity contribution < 1.29 is 14.9 Å². The Morgan fingerprint density at radius 3 is 3.00 bits per heavy atom. The minimum atomic E-state index is -0.931. The fourth-order valence-corrected chi connectivity index (χ4v) is 1.99. The summed E-state index contributed by atoms with van der Waals surface area (Å²) in [5, 5.41) is 18.9. The first-order chi connectivity index (χ1) is 4.73. The van der Waals surface area contributed by atoms with Gasteiger partial charge in [-0.3, -0.25) is 0 Å². The van der Waals surface area contributed by atoms with Crippen LogP contribution in [0.5, 0.6) is 0 Å². The highest BCUT2D eigenvalue weighted by Gasteiger charge is 2.52. The van der Waals surface area contributed by atoms with Gasteiger partial charge >= 0.3 is 0 Å². The van der Waals surface area contributed by atoms with Gasteiger partial charge in [-0.2, -0.15) is 0 Å². The first-order valence-electron chi connectivity index (χ1n) is 3.75. The summed E-state index contributed by atoms with van der Waals surface area (Å²) in [6.07, 6.45) is 1.77. The Kier molecular flexibility index (Phi) is 1.27. The third-order valence-electron chi connectivity index (χ3n) is 2.72. The lowest BCUT2D eigenvalue weighted by molar-refractivity contribution is -0.160. The Balaban J connectivity index is 2.21. The van der Waals surface area contributed by atoms with Gasteiger partial charge in [-0.25, -0.2) is 0 Å². The maximum Gasteiger partial charge on any atom is 0.184 e. The molecule has 3 atom stereocenters. The smallest absolute Gasteiger partial charge is 0.184 e. The van der Waals surface area contributed by atoms with Crippen molar-refractivity contribution in [3.63, 3.8) is 0 Å². The summed E-state index contributed by atoms with van der Waals surface area (Å²) >= 11 is 0. The van der Waals surface area contributed by atoms with Crippen LogP contribution >= 0.6 is 0 Å². The highest BCUT2D eigenvalue weighted by molar-refractivity contribution is 4.98. The van der Waals surface area contributed by atoms with E-state index >= 15 is 0 Å². The molecule has 0 aromatic carbocycles. The average molecular weight is 144 g/mol. The van der Waals surface area contributed by atoms with Crippen molar-refractivity contribution in [3.05, 3.63) is 0 Å². The fraction of sp³-hybridized carbons (Fsp3) is 1.00. The monoisotopic (exact) mass is 144 g/mol. The van der Waals surface area contributed by atoms with Gasteiger partial charge in [-0.1, -0.05) is 0 Å². The molecule has 1 aliphatic carbocycles. The molecule has 10 heavy (non-hydrogen) atoms. The number of aliphatic hydroxyl groups is 2. The average Bonchev–Trinajstić information content (AvgIpc) is 2.36. The molecule has 1 saturated heterocycles. The summed E-state index contributed by atoms with van der Waals surface area (Å²) < 4.78 is 4.93. The van der Waals surface area contributed by atoms with Gasteiger partial charge in [0.05, 0.1) is 6.61 Å². The van der Waals surface area contributed by atoms with Gasteiger partial charge in [0.25, 0.3) is 0 Å². The van der Waals surface area contributed by atoms with Gasteiger partial charge in [0.1, 0.15) is 5.60 Å². The minimum Gasteiger partial charge on any atom is -0.384 e. The second-order valence-electron chi connectivity index (χ2n) is 3.27. The summed E-state index contributed by atoms with van der Waals surface area (Å²) in [6, 6.07) is 0. The van der Waals surface area contributed by atoms with E-state index in [2.05, 4.69) is 0 Å². The fourth-order valence-electron chi connectivity index (χ4n) is 1.99. The zero-order valence-corrected chi connectivity index (χ0v) is 5.79. The molecule has 0 amide bonds. The van der Waals surface area contributed by atoms with E-state index in [-0.39, 0.29) is 5.92 Å². The molecule has 3 nitrogen and oxygen atoms in total. The van der Waals surface area contributed by atoms with Crippen LogP contribution in [0.15, 0.2) is 0 Å². The quantitative estimate of drug-likeness (QED) is 0.497. The Morgan fingerprint density at radius 1 is 1.50 bits per heavy atom. The molecule has 2 N–H and O–H groups in total. The Labute approximate surface area is 59.6 Å². The second-order valence-corrected chi connectivity index (χ2v) is 3.27. The predicted octanol–water partition coefficient (Wildman–Crippen LogP) is -0.134. The zero-order valence-electron chi connectivity index (χ0n) is 5.79. The minimum absolute atomic E-state index is 0.183. The molecule has 0 aromatic heterocycles. The summed E-state index contributed by atoms with van der Waals surface area (Å²) in [4.78, 5) is 0. The molecule has 1 aliphatic heterocycles. The number of fused-ring (bicyclic) bond motifs is 1. The van der Waals surface area contributed by atoms with Gasteiger partial charge in [-0.05, 0) is 19.3 Å². The molecule has 2 aliphatic rings. The van der Waals surface area contributed by atoms with Crippen LogP contribution < -0.4 is 0 Å². The highest BCUT2D eigenvalue weighted by Crippen LogP contribution is 2.43. The van der Waals surface area contributed by atoms with E-state index in [1.165, 1.54) is 0 Å². The van der Waals surface area contributed by atoms with Crippen LogP contribution in [0.1, 0.15) is 19.3 Å². The van der Waals surface area contributed by atoms with Gasteiger partial charge in [-0.15, -0.1) is 0 Å². The van der Waals surface area contributed by atoms with Crippen LogP contribution in [0.3, 0.4) is 0 Å². The number of hydrogen-bond donors (Lipinski definition) is 2. The molecule has 1 saturated carbocycles. The van der Waals surface area contributed by atoms with Crippen LogP contribution in [-0.2, 0) is 4.74 Å². The maximum absolute atomic E-state index is 9.72.